The van der Waals surface area contributed by atoms with Crippen molar-refractivity contribution in [1.29, 1.82) is 0 Å². The van der Waals surface area contributed by atoms with Gasteiger partial charge in [-0.1, -0.05) is 55.7 Å². The third-order valence-electron chi connectivity index (χ3n) is 8.83. The van der Waals surface area contributed by atoms with Crippen molar-refractivity contribution in [3.05, 3.63) is 65.7 Å². The largest absolute Gasteiger partial charge is 0.497 e. The van der Waals surface area contributed by atoms with Crippen molar-refractivity contribution < 1.29 is 14.3 Å². The molecular weight excluding hydrogens is 488 g/mol. The van der Waals surface area contributed by atoms with Gasteiger partial charge in [0.15, 0.2) is 0 Å². The van der Waals surface area contributed by atoms with Crippen molar-refractivity contribution >= 4 is 11.8 Å². The highest BCUT2D eigenvalue weighted by Crippen LogP contribution is 2.30. The van der Waals surface area contributed by atoms with Gasteiger partial charge in [0.25, 0.3) is 5.91 Å². The molecule has 2 aliphatic heterocycles. The van der Waals surface area contributed by atoms with Crippen molar-refractivity contribution in [1.82, 2.24) is 20.0 Å². The van der Waals surface area contributed by atoms with Crippen LogP contribution in [0, 0.1) is 5.92 Å². The number of rotatable bonds is 9. The van der Waals surface area contributed by atoms with Crippen molar-refractivity contribution in [3.63, 3.8) is 0 Å². The molecule has 3 fully saturated rings. The topological polar surface area (TPSA) is 65.1 Å². The molecule has 1 saturated carbocycles. The Morgan fingerprint density at radius 1 is 1.00 bits per heavy atom. The molecule has 0 aromatic heterocycles. The van der Waals surface area contributed by atoms with Crippen LogP contribution in [-0.2, 0) is 11.2 Å². The van der Waals surface area contributed by atoms with E-state index in [0.29, 0.717) is 43.3 Å². The number of likely N-dealkylation sites (tertiary alicyclic amines) is 1. The smallest absolute Gasteiger partial charge is 0.254 e. The normalized spacial score (nSPS) is 22.3. The van der Waals surface area contributed by atoms with Crippen LogP contribution in [0.3, 0.4) is 0 Å². The Balaban J connectivity index is 1.38. The first-order valence-electron chi connectivity index (χ1n) is 14.8. The summed E-state index contributed by atoms with van der Waals surface area (Å²) in [5, 5.41) is 3.34. The van der Waals surface area contributed by atoms with Crippen LogP contribution < -0.4 is 10.1 Å². The predicted octanol–water partition coefficient (Wildman–Crippen LogP) is 3.84. The number of carbonyl (C=O) groups excluding carboxylic acids is 2. The lowest BCUT2D eigenvalue weighted by Gasteiger charge is -2.34. The van der Waals surface area contributed by atoms with E-state index < -0.39 is 6.04 Å². The Hall–Kier alpha value is -2.90. The Kier molecular flexibility index (Phi) is 9.53. The lowest BCUT2D eigenvalue weighted by atomic mass is 9.88. The molecule has 3 aliphatic rings. The Bertz CT molecular complexity index is 1080. The van der Waals surface area contributed by atoms with Gasteiger partial charge in [-0.25, -0.2) is 0 Å². The number of hydrogen-bond donors (Lipinski definition) is 1. The maximum atomic E-state index is 13.9. The third kappa shape index (κ3) is 7.00. The first kappa shape index (κ1) is 27.7. The lowest BCUT2D eigenvalue weighted by Crippen LogP contribution is -2.53. The van der Waals surface area contributed by atoms with Gasteiger partial charge in [-0.05, 0) is 55.4 Å². The summed E-state index contributed by atoms with van der Waals surface area (Å²) in [5.41, 5.74) is 1.91. The van der Waals surface area contributed by atoms with Gasteiger partial charge < -0.3 is 19.9 Å². The van der Waals surface area contributed by atoms with E-state index in [9.17, 15) is 9.59 Å². The molecule has 39 heavy (non-hydrogen) atoms. The van der Waals surface area contributed by atoms with E-state index in [1.165, 1.54) is 37.7 Å². The summed E-state index contributed by atoms with van der Waals surface area (Å²) in [6.07, 6.45) is 8.20. The number of amides is 2. The van der Waals surface area contributed by atoms with Crippen molar-refractivity contribution in [3.8, 4) is 5.75 Å². The van der Waals surface area contributed by atoms with Crippen LogP contribution in [0.4, 0.5) is 0 Å². The maximum Gasteiger partial charge on any atom is 0.254 e. The molecule has 2 aromatic carbocycles. The number of carbonyl (C=O) groups is 2. The molecule has 2 amide bonds. The fourth-order valence-corrected chi connectivity index (χ4v) is 6.60. The number of methoxy groups -OCH3 is 1. The van der Waals surface area contributed by atoms with Crippen LogP contribution in [0.25, 0.3) is 0 Å². The Labute approximate surface area is 233 Å². The van der Waals surface area contributed by atoms with Crippen molar-refractivity contribution in [2.75, 3.05) is 52.9 Å². The molecule has 2 aromatic rings. The molecule has 1 aliphatic carbocycles. The zero-order chi connectivity index (χ0) is 27.0. The van der Waals surface area contributed by atoms with Crippen molar-refractivity contribution in [2.24, 2.45) is 5.92 Å². The molecule has 7 heteroatoms. The molecule has 5 rings (SSSR count). The quantitative estimate of drug-likeness (QED) is 0.532. The molecule has 0 spiro atoms. The highest BCUT2D eigenvalue weighted by atomic mass is 16.5. The second-order valence-corrected chi connectivity index (χ2v) is 11.4. The van der Waals surface area contributed by atoms with Gasteiger partial charge in [-0.2, -0.15) is 0 Å². The molecule has 1 N–H and O–H groups in total. The monoisotopic (exact) mass is 532 g/mol. The second-order valence-electron chi connectivity index (χ2n) is 11.4. The number of piperazine rings is 1. The van der Waals surface area contributed by atoms with Crippen LogP contribution in [0.1, 0.15) is 54.4 Å². The molecule has 0 radical (unpaired) electrons. The highest BCUT2D eigenvalue weighted by molar-refractivity contribution is 5.98. The standard InChI is InChI=1S/C32H44N4O3/c1-39-29-14-8-13-27(21-29)31(37)36-24-28(22-30(36)32(38)34-19-16-33-17-20-34)35(23-26-11-6-3-7-12-26)18-15-25-9-4-2-5-10-25/h2,4-5,8-10,13-14,21,26,28,30,33H,3,6-7,11-12,15-20,22-24H2,1H3. The van der Waals surface area contributed by atoms with E-state index >= 15 is 0 Å². The van der Waals surface area contributed by atoms with E-state index in [1.807, 2.05) is 28.0 Å². The number of benzene rings is 2. The minimum Gasteiger partial charge on any atom is -0.497 e. The summed E-state index contributed by atoms with van der Waals surface area (Å²) in [6.45, 7) is 5.57. The molecule has 2 atom stereocenters. The first-order valence-corrected chi connectivity index (χ1v) is 14.8. The molecule has 0 bridgehead atoms. The van der Waals surface area contributed by atoms with E-state index in [4.69, 9.17) is 4.74 Å². The first-order chi connectivity index (χ1) is 19.1. The van der Waals surface area contributed by atoms with Crippen LogP contribution in [0.2, 0.25) is 0 Å². The summed E-state index contributed by atoms with van der Waals surface area (Å²) in [7, 11) is 1.61. The fourth-order valence-electron chi connectivity index (χ4n) is 6.60. The number of hydrogen-bond acceptors (Lipinski definition) is 5. The number of nitrogens with one attached hydrogen (secondary N) is 1. The van der Waals surface area contributed by atoms with Gasteiger partial charge in [-0.15, -0.1) is 0 Å². The molecule has 210 valence electrons. The maximum absolute atomic E-state index is 13.9. The van der Waals surface area contributed by atoms with E-state index in [1.54, 1.807) is 13.2 Å². The van der Waals surface area contributed by atoms with Gasteiger partial charge in [0.1, 0.15) is 11.8 Å². The van der Waals surface area contributed by atoms with Crippen LogP contribution >= 0.6 is 0 Å². The summed E-state index contributed by atoms with van der Waals surface area (Å²) < 4.78 is 5.39. The van der Waals surface area contributed by atoms with Gasteiger partial charge in [0.05, 0.1) is 7.11 Å². The van der Waals surface area contributed by atoms with Gasteiger partial charge in [0, 0.05) is 57.4 Å². The summed E-state index contributed by atoms with van der Waals surface area (Å²) >= 11 is 0. The summed E-state index contributed by atoms with van der Waals surface area (Å²) in [6, 6.07) is 17.7. The van der Waals surface area contributed by atoms with Gasteiger partial charge in [-0.3, -0.25) is 14.5 Å². The molecule has 2 saturated heterocycles. The summed E-state index contributed by atoms with van der Waals surface area (Å²) in [4.78, 5) is 34.2. The molecule has 7 nitrogen and oxygen atoms in total. The van der Waals surface area contributed by atoms with Gasteiger partial charge in [0.2, 0.25) is 5.91 Å². The van der Waals surface area contributed by atoms with E-state index in [2.05, 4.69) is 40.5 Å². The van der Waals surface area contributed by atoms with Crippen LogP contribution in [0.15, 0.2) is 54.6 Å². The number of ether oxygens (including phenoxy) is 1. The predicted molar refractivity (Wildman–Crippen MR) is 154 cm³/mol. The third-order valence-corrected chi connectivity index (χ3v) is 8.83. The lowest BCUT2D eigenvalue weighted by molar-refractivity contribution is -0.135. The zero-order valence-electron chi connectivity index (χ0n) is 23.4. The Morgan fingerprint density at radius 3 is 2.51 bits per heavy atom. The van der Waals surface area contributed by atoms with Crippen LogP contribution in [-0.4, -0.2) is 91.5 Å². The second kappa shape index (κ2) is 13.4. The fraction of sp³-hybridized carbons (Fsp3) is 0.562. The van der Waals surface area contributed by atoms with Crippen LogP contribution in [0.5, 0.6) is 5.75 Å². The van der Waals surface area contributed by atoms with Crippen molar-refractivity contribution in [2.45, 2.75) is 57.0 Å². The molecular formula is C32H44N4O3. The zero-order valence-corrected chi connectivity index (χ0v) is 23.4. The number of nitrogens with zero attached hydrogens (tertiary/aromatic N) is 3. The highest BCUT2D eigenvalue weighted by Gasteiger charge is 2.44. The average Bonchev–Trinajstić information content (AvgIpc) is 3.45. The minimum absolute atomic E-state index is 0.0782. The van der Waals surface area contributed by atoms with E-state index in [0.717, 1.165) is 32.6 Å². The SMILES string of the molecule is COc1cccc(C(=O)N2CC(N(CCc3ccccc3)CC3CCCCC3)CC2C(=O)N2CCNCC2)c1. The average molecular weight is 533 g/mol. The Morgan fingerprint density at radius 2 is 1.77 bits per heavy atom. The van der Waals surface area contributed by atoms with Gasteiger partial charge >= 0.3 is 0 Å². The summed E-state index contributed by atoms with van der Waals surface area (Å²) in [5.74, 6) is 1.37. The molecule has 2 heterocycles. The van der Waals surface area contributed by atoms with E-state index in [-0.39, 0.29) is 17.9 Å². The minimum atomic E-state index is -0.433. The molecule has 2 unspecified atom stereocenters.